The lowest BCUT2D eigenvalue weighted by atomic mass is 10.2. The first kappa shape index (κ1) is 13.5. The first-order valence-electron chi connectivity index (χ1n) is 6.27. The van der Waals surface area contributed by atoms with Crippen LogP contribution in [0.25, 0.3) is 10.9 Å². The summed E-state index contributed by atoms with van der Waals surface area (Å²) in [4.78, 5) is 19.1. The van der Waals surface area contributed by atoms with Gasteiger partial charge in [-0.1, -0.05) is 30.0 Å². The van der Waals surface area contributed by atoms with Crippen molar-refractivity contribution in [2.75, 3.05) is 12.8 Å². The third-order valence-electron chi connectivity index (χ3n) is 3.07. The predicted molar refractivity (Wildman–Crippen MR) is 82.4 cm³/mol. The average molecular weight is 299 g/mol. The van der Waals surface area contributed by atoms with E-state index in [1.165, 1.54) is 18.9 Å². The Morgan fingerprint density at radius 1 is 1.33 bits per heavy atom. The quantitative estimate of drug-likeness (QED) is 0.726. The van der Waals surface area contributed by atoms with E-state index in [0.717, 1.165) is 15.9 Å². The summed E-state index contributed by atoms with van der Waals surface area (Å²) < 4.78 is 4.71. The highest BCUT2D eigenvalue weighted by Gasteiger charge is 2.15. The third-order valence-corrected chi connectivity index (χ3v) is 4.03. The minimum atomic E-state index is -0.464. The molecule has 5 nitrogen and oxygen atoms in total. The Balaban J connectivity index is 1.96. The minimum absolute atomic E-state index is 0.325. The second kappa shape index (κ2) is 5.49. The maximum atomic E-state index is 11.6. The molecule has 3 N–H and O–H groups in total. The molecule has 0 radical (unpaired) electrons. The number of aromatic nitrogens is 2. The van der Waals surface area contributed by atoms with Crippen LogP contribution in [-0.2, 0) is 4.74 Å². The summed E-state index contributed by atoms with van der Waals surface area (Å²) in [5.41, 5.74) is 7.70. The molecule has 0 amide bonds. The highest BCUT2D eigenvalue weighted by Crippen LogP contribution is 2.33. The van der Waals surface area contributed by atoms with E-state index in [2.05, 4.69) is 9.97 Å². The van der Waals surface area contributed by atoms with Crippen molar-refractivity contribution in [3.8, 4) is 0 Å². The third kappa shape index (κ3) is 2.57. The minimum Gasteiger partial charge on any atom is -0.465 e. The molecule has 2 heterocycles. The van der Waals surface area contributed by atoms with Gasteiger partial charge in [0, 0.05) is 17.1 Å². The van der Waals surface area contributed by atoms with Gasteiger partial charge in [-0.2, -0.15) is 0 Å². The summed E-state index contributed by atoms with van der Waals surface area (Å²) in [6.07, 6.45) is 1.55. The highest BCUT2D eigenvalue weighted by molar-refractivity contribution is 7.99. The van der Waals surface area contributed by atoms with Crippen LogP contribution in [0.15, 0.2) is 52.6 Å². The van der Waals surface area contributed by atoms with Gasteiger partial charge in [0.15, 0.2) is 0 Å². The van der Waals surface area contributed by atoms with Gasteiger partial charge in [0.05, 0.1) is 23.4 Å². The van der Waals surface area contributed by atoms with Gasteiger partial charge in [-0.05, 0) is 18.2 Å². The second-order valence-electron chi connectivity index (χ2n) is 4.39. The van der Waals surface area contributed by atoms with E-state index in [1.807, 2.05) is 30.3 Å². The number of aromatic amines is 1. The maximum absolute atomic E-state index is 11.6. The van der Waals surface area contributed by atoms with E-state index in [1.54, 1.807) is 12.3 Å². The van der Waals surface area contributed by atoms with E-state index in [0.29, 0.717) is 16.3 Å². The number of benzene rings is 1. The predicted octanol–water partition coefficient (Wildman–Crippen LogP) is 3.08. The molecule has 0 saturated heterocycles. The Labute approximate surface area is 125 Å². The normalized spacial score (nSPS) is 10.7. The van der Waals surface area contributed by atoms with Crippen molar-refractivity contribution in [1.82, 2.24) is 9.97 Å². The second-order valence-corrected chi connectivity index (χ2v) is 5.42. The fourth-order valence-electron chi connectivity index (χ4n) is 2.03. The van der Waals surface area contributed by atoms with Crippen LogP contribution in [0.1, 0.15) is 10.4 Å². The van der Waals surface area contributed by atoms with Gasteiger partial charge < -0.3 is 15.5 Å². The molecule has 3 rings (SSSR count). The molecule has 21 heavy (non-hydrogen) atoms. The molecule has 0 aliphatic rings. The fraction of sp³-hybridized carbons (Fsp3) is 0.0667. The number of nitrogens with two attached hydrogens (primary N) is 1. The number of fused-ring (bicyclic) bond motifs is 1. The molecule has 2 aromatic heterocycles. The number of anilines is 1. The molecule has 0 spiro atoms. The van der Waals surface area contributed by atoms with Gasteiger partial charge in [-0.15, -0.1) is 0 Å². The number of hydrogen-bond donors (Lipinski definition) is 2. The van der Waals surface area contributed by atoms with Crippen LogP contribution in [0.5, 0.6) is 0 Å². The van der Waals surface area contributed by atoms with Crippen molar-refractivity contribution in [1.29, 1.82) is 0 Å². The molecule has 0 aliphatic heterocycles. The van der Waals surface area contributed by atoms with Crippen LogP contribution in [0, 0.1) is 0 Å². The summed E-state index contributed by atoms with van der Waals surface area (Å²) in [5, 5.41) is 2.60. The lowest BCUT2D eigenvalue weighted by Gasteiger charge is -2.07. The van der Waals surface area contributed by atoms with E-state index in [-0.39, 0.29) is 0 Å². The number of carbonyl (C=O) groups is 1. The number of ether oxygens (including phenoxy) is 1. The number of nitrogens with zero attached hydrogens (tertiary/aromatic N) is 1. The number of pyridine rings is 1. The number of nitrogen functional groups attached to an aromatic ring is 1. The monoisotopic (exact) mass is 299 g/mol. The number of para-hydroxylation sites is 1. The van der Waals surface area contributed by atoms with Crippen molar-refractivity contribution in [2.24, 2.45) is 0 Å². The molecule has 1 aromatic carbocycles. The number of nitrogens with one attached hydrogen (secondary N) is 1. The van der Waals surface area contributed by atoms with Crippen molar-refractivity contribution >= 4 is 34.3 Å². The van der Waals surface area contributed by atoms with Gasteiger partial charge in [0.25, 0.3) is 0 Å². The van der Waals surface area contributed by atoms with Crippen molar-refractivity contribution in [3.05, 3.63) is 48.2 Å². The zero-order valence-corrected chi connectivity index (χ0v) is 12.1. The first-order chi connectivity index (χ1) is 10.2. The number of H-pyrrole nitrogens is 1. The van der Waals surface area contributed by atoms with Gasteiger partial charge in [0.2, 0.25) is 0 Å². The molecule has 3 aromatic rings. The largest absolute Gasteiger partial charge is 0.465 e. The maximum Gasteiger partial charge on any atom is 0.340 e. The zero-order chi connectivity index (χ0) is 14.8. The Bertz CT molecular complexity index is 781. The van der Waals surface area contributed by atoms with Crippen LogP contribution < -0.4 is 5.73 Å². The van der Waals surface area contributed by atoms with Crippen molar-refractivity contribution < 1.29 is 9.53 Å². The molecule has 0 bridgehead atoms. The molecular weight excluding hydrogens is 286 g/mol. The van der Waals surface area contributed by atoms with Crippen LogP contribution in [0.4, 0.5) is 5.69 Å². The van der Waals surface area contributed by atoms with E-state index in [9.17, 15) is 4.79 Å². The van der Waals surface area contributed by atoms with Crippen LogP contribution in [0.3, 0.4) is 0 Å². The molecule has 0 unspecified atom stereocenters. The van der Waals surface area contributed by atoms with Crippen molar-refractivity contribution in [2.45, 2.75) is 10.1 Å². The topological polar surface area (TPSA) is 81.0 Å². The average Bonchev–Trinajstić information content (AvgIpc) is 2.91. The van der Waals surface area contributed by atoms with Gasteiger partial charge in [-0.25, -0.2) is 9.78 Å². The molecule has 0 fully saturated rings. The lowest BCUT2D eigenvalue weighted by Crippen LogP contribution is -2.07. The summed E-state index contributed by atoms with van der Waals surface area (Å²) >= 11 is 1.38. The molecule has 6 heteroatoms. The number of methoxy groups -OCH3 is 1. The summed E-state index contributed by atoms with van der Waals surface area (Å²) in [6, 6.07) is 11.5. The number of carbonyl (C=O) groups excluding carboxylic acids is 1. The molecule has 0 aliphatic carbocycles. The van der Waals surface area contributed by atoms with Gasteiger partial charge >= 0.3 is 5.97 Å². The summed E-state index contributed by atoms with van der Waals surface area (Å²) in [5.74, 6) is -0.464. The highest BCUT2D eigenvalue weighted by atomic mass is 32.2. The Kier molecular flexibility index (Phi) is 3.53. The van der Waals surface area contributed by atoms with Crippen LogP contribution in [-0.4, -0.2) is 23.0 Å². The van der Waals surface area contributed by atoms with Gasteiger partial charge in [0.1, 0.15) is 5.03 Å². The van der Waals surface area contributed by atoms with Crippen LogP contribution in [0.2, 0.25) is 0 Å². The lowest BCUT2D eigenvalue weighted by molar-refractivity contribution is 0.0601. The van der Waals surface area contributed by atoms with E-state index >= 15 is 0 Å². The zero-order valence-electron chi connectivity index (χ0n) is 11.3. The number of rotatable bonds is 3. The molecular formula is C15H13N3O2S. The fourth-order valence-corrected chi connectivity index (χ4v) is 2.92. The SMILES string of the molecule is COC(=O)c1ccnc(Sc2cc3ccccc3[nH]2)c1N. The Morgan fingerprint density at radius 2 is 2.14 bits per heavy atom. The number of esters is 1. The summed E-state index contributed by atoms with van der Waals surface area (Å²) in [7, 11) is 1.33. The van der Waals surface area contributed by atoms with Gasteiger partial charge in [-0.3, -0.25) is 0 Å². The Hall–Kier alpha value is -2.47. The standard InChI is InChI=1S/C15H13N3O2S/c1-20-15(19)10-6-7-17-14(13(10)16)21-12-8-9-4-2-3-5-11(9)18-12/h2-8,18H,16H2,1H3. The number of hydrogen-bond acceptors (Lipinski definition) is 5. The van der Waals surface area contributed by atoms with E-state index in [4.69, 9.17) is 10.5 Å². The Morgan fingerprint density at radius 3 is 2.90 bits per heavy atom. The van der Waals surface area contributed by atoms with Crippen LogP contribution >= 0.6 is 11.8 Å². The first-order valence-corrected chi connectivity index (χ1v) is 7.09. The van der Waals surface area contributed by atoms with Crippen molar-refractivity contribution in [3.63, 3.8) is 0 Å². The smallest absolute Gasteiger partial charge is 0.340 e. The molecule has 0 atom stereocenters. The van der Waals surface area contributed by atoms with E-state index < -0.39 is 5.97 Å². The molecule has 0 saturated carbocycles. The molecule has 106 valence electrons. The summed E-state index contributed by atoms with van der Waals surface area (Å²) in [6.45, 7) is 0.